The third kappa shape index (κ3) is 2.42. The van der Waals surface area contributed by atoms with Crippen molar-refractivity contribution in [3.05, 3.63) is 45.2 Å². The number of hydrogen-bond acceptors (Lipinski definition) is 5. The van der Waals surface area contributed by atoms with Gasteiger partial charge in [0.2, 0.25) is 0 Å². The summed E-state index contributed by atoms with van der Waals surface area (Å²) < 4.78 is 33.2. The predicted octanol–water partition coefficient (Wildman–Crippen LogP) is 3.51. The lowest BCUT2D eigenvalue weighted by atomic mass is 10.0. The second-order valence-electron chi connectivity index (χ2n) is 6.23. The largest absolute Gasteiger partial charge is 0.373 e. The van der Waals surface area contributed by atoms with Crippen LogP contribution in [0, 0.1) is 18.6 Å². The van der Waals surface area contributed by atoms with Crippen LogP contribution < -0.4 is 0 Å². The van der Waals surface area contributed by atoms with E-state index in [1.807, 2.05) is 6.92 Å². The van der Waals surface area contributed by atoms with E-state index >= 15 is 0 Å². The standard InChI is InChI=1S/C17H16F2N4O2S/c1-7-9(18)4-10(19)13-12(7)21-16(22-13)17(24)23-5-11(25-3)14-15(8(23)2)26-6-20-14/h4,6,8,11H,5H2,1-3H3,(H,21,22)/t8-,11+/m1/s1. The van der Waals surface area contributed by atoms with Crippen molar-refractivity contribution >= 4 is 28.3 Å². The highest BCUT2D eigenvalue weighted by atomic mass is 32.1. The fourth-order valence-electron chi connectivity index (χ4n) is 3.29. The average molecular weight is 378 g/mol. The summed E-state index contributed by atoms with van der Waals surface area (Å²) in [6, 6.07) is 0.563. The van der Waals surface area contributed by atoms with Gasteiger partial charge in [0.25, 0.3) is 5.91 Å². The lowest BCUT2D eigenvalue weighted by Crippen LogP contribution is -2.41. The summed E-state index contributed by atoms with van der Waals surface area (Å²) in [6.45, 7) is 3.71. The Hall–Kier alpha value is -2.39. The van der Waals surface area contributed by atoms with E-state index in [9.17, 15) is 13.6 Å². The number of aromatic amines is 1. The van der Waals surface area contributed by atoms with E-state index in [4.69, 9.17) is 4.74 Å². The lowest BCUT2D eigenvalue weighted by molar-refractivity contribution is 0.0267. The molecule has 26 heavy (non-hydrogen) atoms. The van der Waals surface area contributed by atoms with E-state index in [1.165, 1.54) is 18.3 Å². The first kappa shape index (κ1) is 17.0. The fourth-order valence-corrected chi connectivity index (χ4v) is 4.20. The summed E-state index contributed by atoms with van der Waals surface area (Å²) in [7, 11) is 1.56. The van der Waals surface area contributed by atoms with E-state index in [-0.39, 0.29) is 34.6 Å². The zero-order chi connectivity index (χ0) is 18.6. The number of thiazole rings is 1. The molecule has 0 bridgehead atoms. The highest BCUT2D eigenvalue weighted by molar-refractivity contribution is 7.09. The molecule has 2 aromatic heterocycles. The number of amides is 1. The Balaban J connectivity index is 1.75. The Labute approximate surface area is 151 Å². The number of carbonyl (C=O) groups excluding carboxylic acids is 1. The minimum atomic E-state index is -0.801. The van der Waals surface area contributed by atoms with Crippen molar-refractivity contribution in [1.82, 2.24) is 19.9 Å². The van der Waals surface area contributed by atoms with Gasteiger partial charge in [-0.05, 0) is 13.8 Å². The molecule has 1 amide bonds. The van der Waals surface area contributed by atoms with Gasteiger partial charge in [-0.2, -0.15) is 0 Å². The van der Waals surface area contributed by atoms with Crippen LogP contribution in [0.2, 0.25) is 0 Å². The Morgan fingerprint density at radius 2 is 2.19 bits per heavy atom. The highest BCUT2D eigenvalue weighted by Gasteiger charge is 2.37. The summed E-state index contributed by atoms with van der Waals surface area (Å²) in [5.41, 5.74) is 2.93. The van der Waals surface area contributed by atoms with E-state index < -0.39 is 17.5 Å². The van der Waals surface area contributed by atoms with Crippen molar-refractivity contribution in [2.24, 2.45) is 0 Å². The molecular weight excluding hydrogens is 362 g/mol. The van der Waals surface area contributed by atoms with Gasteiger partial charge in [-0.1, -0.05) is 0 Å². The van der Waals surface area contributed by atoms with Crippen molar-refractivity contribution in [2.75, 3.05) is 13.7 Å². The van der Waals surface area contributed by atoms with Gasteiger partial charge in [-0.15, -0.1) is 11.3 Å². The normalized spacial score (nSPS) is 19.8. The molecule has 1 aliphatic rings. The molecule has 3 aromatic rings. The molecule has 0 radical (unpaired) electrons. The van der Waals surface area contributed by atoms with Gasteiger partial charge in [0.15, 0.2) is 11.6 Å². The van der Waals surface area contributed by atoms with Crippen LogP contribution in [0.1, 0.15) is 45.8 Å². The number of imidazole rings is 1. The van der Waals surface area contributed by atoms with E-state index in [0.717, 1.165) is 16.6 Å². The molecule has 6 nitrogen and oxygen atoms in total. The van der Waals surface area contributed by atoms with Crippen molar-refractivity contribution in [2.45, 2.75) is 26.0 Å². The van der Waals surface area contributed by atoms with Gasteiger partial charge in [0.1, 0.15) is 17.4 Å². The molecule has 0 unspecified atom stereocenters. The molecule has 9 heteroatoms. The number of benzene rings is 1. The quantitative estimate of drug-likeness (QED) is 0.741. The number of aryl methyl sites for hydroxylation is 1. The Kier molecular flexibility index (Phi) is 4.00. The maximum atomic E-state index is 14.0. The molecule has 4 rings (SSSR count). The third-order valence-electron chi connectivity index (χ3n) is 4.80. The number of ether oxygens (including phenoxy) is 1. The Morgan fingerprint density at radius 3 is 2.92 bits per heavy atom. The highest BCUT2D eigenvalue weighted by Crippen LogP contribution is 2.38. The Bertz CT molecular complexity index is 1020. The molecule has 1 aliphatic heterocycles. The zero-order valence-electron chi connectivity index (χ0n) is 14.3. The van der Waals surface area contributed by atoms with Gasteiger partial charge >= 0.3 is 0 Å². The average Bonchev–Trinajstić information content (AvgIpc) is 3.27. The van der Waals surface area contributed by atoms with E-state index in [1.54, 1.807) is 17.5 Å². The van der Waals surface area contributed by atoms with Crippen molar-refractivity contribution in [3.8, 4) is 0 Å². The second-order valence-corrected chi connectivity index (χ2v) is 7.12. The SMILES string of the molecule is CO[C@H]1CN(C(=O)c2nc3c(F)cc(F)c(C)c3[nH]2)[C@H](C)c2scnc21. The summed E-state index contributed by atoms with van der Waals surface area (Å²) in [5.74, 6) is -1.90. The van der Waals surface area contributed by atoms with Crippen LogP contribution in [0.3, 0.4) is 0 Å². The smallest absolute Gasteiger partial charge is 0.290 e. The predicted molar refractivity (Wildman–Crippen MR) is 92.1 cm³/mol. The molecule has 136 valence electrons. The van der Waals surface area contributed by atoms with Gasteiger partial charge in [0.05, 0.1) is 34.2 Å². The first-order valence-electron chi connectivity index (χ1n) is 8.03. The van der Waals surface area contributed by atoms with Gasteiger partial charge in [-0.25, -0.2) is 18.7 Å². The molecule has 1 aromatic carbocycles. The van der Waals surface area contributed by atoms with Crippen LogP contribution in [-0.2, 0) is 4.74 Å². The number of methoxy groups -OCH3 is 1. The zero-order valence-corrected chi connectivity index (χ0v) is 15.2. The number of nitrogens with zero attached hydrogens (tertiary/aromatic N) is 3. The first-order valence-corrected chi connectivity index (χ1v) is 8.91. The number of hydrogen-bond donors (Lipinski definition) is 1. The van der Waals surface area contributed by atoms with Crippen LogP contribution in [0.15, 0.2) is 11.6 Å². The number of aromatic nitrogens is 3. The van der Waals surface area contributed by atoms with E-state index in [0.29, 0.717) is 6.54 Å². The summed E-state index contributed by atoms with van der Waals surface area (Å²) in [6.07, 6.45) is -0.336. The van der Waals surface area contributed by atoms with E-state index in [2.05, 4.69) is 15.0 Å². The maximum Gasteiger partial charge on any atom is 0.290 e. The Morgan fingerprint density at radius 1 is 1.42 bits per heavy atom. The van der Waals surface area contributed by atoms with Crippen LogP contribution in [0.4, 0.5) is 8.78 Å². The minimum absolute atomic E-state index is 0.0257. The monoisotopic (exact) mass is 378 g/mol. The number of nitrogens with one attached hydrogen (secondary N) is 1. The summed E-state index contributed by atoms with van der Waals surface area (Å²) in [5, 5.41) is 0. The van der Waals surface area contributed by atoms with Crippen molar-refractivity contribution < 1.29 is 18.3 Å². The molecular formula is C17H16F2N4O2S. The molecule has 1 N–H and O–H groups in total. The van der Waals surface area contributed by atoms with Crippen LogP contribution >= 0.6 is 11.3 Å². The topological polar surface area (TPSA) is 71.1 Å². The minimum Gasteiger partial charge on any atom is -0.373 e. The van der Waals surface area contributed by atoms with Gasteiger partial charge in [0, 0.05) is 18.7 Å². The summed E-state index contributed by atoms with van der Waals surface area (Å²) in [4.78, 5) is 26.8. The molecule has 2 atom stereocenters. The fraction of sp³-hybridized carbons (Fsp3) is 0.353. The van der Waals surface area contributed by atoms with Gasteiger partial charge < -0.3 is 14.6 Å². The number of carbonyl (C=O) groups is 1. The number of H-pyrrole nitrogens is 1. The van der Waals surface area contributed by atoms with Gasteiger partial charge in [-0.3, -0.25) is 4.79 Å². The number of rotatable bonds is 2. The van der Waals surface area contributed by atoms with Crippen LogP contribution in [0.25, 0.3) is 11.0 Å². The molecule has 0 saturated heterocycles. The molecule has 0 aliphatic carbocycles. The maximum absolute atomic E-state index is 14.0. The van der Waals surface area contributed by atoms with Crippen molar-refractivity contribution in [3.63, 3.8) is 0 Å². The summed E-state index contributed by atoms with van der Waals surface area (Å²) >= 11 is 1.46. The molecule has 0 spiro atoms. The van der Waals surface area contributed by atoms with Crippen LogP contribution in [-0.4, -0.2) is 39.4 Å². The van der Waals surface area contributed by atoms with Crippen LogP contribution in [0.5, 0.6) is 0 Å². The van der Waals surface area contributed by atoms with Crippen molar-refractivity contribution in [1.29, 1.82) is 0 Å². The lowest BCUT2D eigenvalue weighted by Gasteiger charge is -2.35. The molecule has 0 saturated carbocycles. The number of halogens is 2. The number of fused-ring (bicyclic) bond motifs is 2. The second kappa shape index (κ2) is 6.10. The third-order valence-corrected chi connectivity index (χ3v) is 5.82. The molecule has 3 heterocycles. The molecule has 0 fully saturated rings. The first-order chi connectivity index (χ1) is 12.4.